The lowest BCUT2D eigenvalue weighted by Crippen LogP contribution is -2.37. The summed E-state index contributed by atoms with van der Waals surface area (Å²) < 4.78 is 5.48. The largest absolute Gasteiger partial charge is 0.379 e. The molecule has 0 aliphatic heterocycles. The first-order valence-electron chi connectivity index (χ1n) is 5.86. The van der Waals surface area contributed by atoms with Crippen molar-refractivity contribution in [2.75, 3.05) is 13.7 Å². The molecule has 0 spiro atoms. The summed E-state index contributed by atoms with van der Waals surface area (Å²) >= 11 is 0. The molecular formula is C12H25NO. The van der Waals surface area contributed by atoms with Gasteiger partial charge >= 0.3 is 0 Å². The average molecular weight is 199 g/mol. The summed E-state index contributed by atoms with van der Waals surface area (Å²) in [6.45, 7) is 7.59. The van der Waals surface area contributed by atoms with Gasteiger partial charge in [-0.15, -0.1) is 0 Å². The molecule has 0 heterocycles. The van der Waals surface area contributed by atoms with Gasteiger partial charge in [0, 0.05) is 13.2 Å². The first-order chi connectivity index (χ1) is 6.57. The van der Waals surface area contributed by atoms with E-state index < -0.39 is 0 Å². The normalized spacial score (nSPS) is 19.7. The zero-order valence-corrected chi connectivity index (χ0v) is 10.1. The highest BCUT2D eigenvalue weighted by atomic mass is 16.5. The van der Waals surface area contributed by atoms with Crippen LogP contribution in [0.5, 0.6) is 0 Å². The van der Waals surface area contributed by atoms with Crippen LogP contribution in [-0.2, 0) is 4.74 Å². The van der Waals surface area contributed by atoms with E-state index in [0.29, 0.717) is 6.04 Å². The second-order valence-corrected chi connectivity index (χ2v) is 5.10. The minimum Gasteiger partial charge on any atom is -0.379 e. The maximum Gasteiger partial charge on any atom is 0.0637 e. The first kappa shape index (κ1) is 12.0. The van der Waals surface area contributed by atoms with E-state index in [9.17, 15) is 0 Å². The minimum atomic E-state index is 0.0156. The topological polar surface area (TPSA) is 21.3 Å². The number of hydrogen-bond donors (Lipinski definition) is 1. The summed E-state index contributed by atoms with van der Waals surface area (Å²) in [5, 5.41) is 3.56. The predicted molar refractivity (Wildman–Crippen MR) is 60.5 cm³/mol. The zero-order chi connectivity index (χ0) is 10.6. The molecule has 1 rings (SSSR count). The predicted octanol–water partition coefficient (Wildman–Crippen LogP) is 2.58. The molecule has 2 heteroatoms. The van der Waals surface area contributed by atoms with Gasteiger partial charge < -0.3 is 10.1 Å². The van der Waals surface area contributed by atoms with Crippen molar-refractivity contribution in [2.45, 2.75) is 58.1 Å². The molecule has 1 atom stereocenters. The standard InChI is InChI=1S/C12H25NO/c1-5-13-11(8-10-6-7-10)9-12(2,3)14-4/h10-11,13H,5-9H2,1-4H3. The monoisotopic (exact) mass is 199 g/mol. The van der Waals surface area contributed by atoms with Gasteiger partial charge in [0.25, 0.3) is 0 Å². The van der Waals surface area contributed by atoms with Crippen LogP contribution in [0, 0.1) is 5.92 Å². The third kappa shape index (κ3) is 4.43. The van der Waals surface area contributed by atoms with Gasteiger partial charge in [-0.25, -0.2) is 0 Å². The summed E-state index contributed by atoms with van der Waals surface area (Å²) in [6, 6.07) is 0.641. The Morgan fingerprint density at radius 1 is 1.43 bits per heavy atom. The van der Waals surface area contributed by atoms with E-state index in [1.165, 1.54) is 19.3 Å². The van der Waals surface area contributed by atoms with Crippen LogP contribution in [0.2, 0.25) is 0 Å². The van der Waals surface area contributed by atoms with Crippen molar-refractivity contribution < 1.29 is 4.74 Å². The smallest absolute Gasteiger partial charge is 0.0637 e. The molecule has 1 fully saturated rings. The zero-order valence-electron chi connectivity index (χ0n) is 10.1. The summed E-state index contributed by atoms with van der Waals surface area (Å²) in [4.78, 5) is 0. The average Bonchev–Trinajstić information content (AvgIpc) is 2.88. The Bertz CT molecular complexity index is 164. The van der Waals surface area contributed by atoms with Crippen molar-refractivity contribution in [1.82, 2.24) is 5.32 Å². The number of nitrogens with one attached hydrogen (secondary N) is 1. The lowest BCUT2D eigenvalue weighted by molar-refractivity contribution is 0.00609. The number of rotatable bonds is 7. The summed E-state index contributed by atoms with van der Waals surface area (Å²) in [5.74, 6) is 0.992. The van der Waals surface area contributed by atoms with E-state index in [-0.39, 0.29) is 5.60 Å². The maximum absolute atomic E-state index is 5.48. The molecule has 1 unspecified atom stereocenters. The summed E-state index contributed by atoms with van der Waals surface area (Å²) in [5.41, 5.74) is 0.0156. The fraction of sp³-hybridized carbons (Fsp3) is 1.00. The van der Waals surface area contributed by atoms with Crippen LogP contribution in [0.1, 0.15) is 46.5 Å². The van der Waals surface area contributed by atoms with Crippen LogP contribution < -0.4 is 5.32 Å². The second kappa shape index (κ2) is 5.13. The highest BCUT2D eigenvalue weighted by Crippen LogP contribution is 2.35. The van der Waals surface area contributed by atoms with Gasteiger partial charge in [0.15, 0.2) is 0 Å². The maximum atomic E-state index is 5.48. The highest BCUT2D eigenvalue weighted by Gasteiger charge is 2.29. The van der Waals surface area contributed by atoms with E-state index in [0.717, 1.165) is 18.9 Å². The van der Waals surface area contributed by atoms with E-state index in [4.69, 9.17) is 4.74 Å². The van der Waals surface area contributed by atoms with Gasteiger partial charge in [0.1, 0.15) is 0 Å². The molecule has 0 aromatic heterocycles. The first-order valence-corrected chi connectivity index (χ1v) is 5.86. The number of hydrogen-bond acceptors (Lipinski definition) is 2. The fourth-order valence-corrected chi connectivity index (χ4v) is 1.96. The second-order valence-electron chi connectivity index (χ2n) is 5.10. The van der Waals surface area contributed by atoms with Crippen molar-refractivity contribution >= 4 is 0 Å². The van der Waals surface area contributed by atoms with Gasteiger partial charge in [-0.2, -0.15) is 0 Å². The van der Waals surface area contributed by atoms with Crippen LogP contribution in [0.15, 0.2) is 0 Å². The van der Waals surface area contributed by atoms with E-state index >= 15 is 0 Å². The number of methoxy groups -OCH3 is 1. The van der Waals surface area contributed by atoms with Crippen molar-refractivity contribution in [2.24, 2.45) is 5.92 Å². The molecule has 84 valence electrons. The molecular weight excluding hydrogens is 174 g/mol. The van der Waals surface area contributed by atoms with Crippen molar-refractivity contribution in [3.63, 3.8) is 0 Å². The lowest BCUT2D eigenvalue weighted by Gasteiger charge is -2.29. The van der Waals surface area contributed by atoms with Crippen molar-refractivity contribution in [1.29, 1.82) is 0 Å². The molecule has 1 aliphatic rings. The molecule has 0 aromatic carbocycles. The highest BCUT2D eigenvalue weighted by molar-refractivity contribution is 4.84. The Morgan fingerprint density at radius 3 is 2.50 bits per heavy atom. The Morgan fingerprint density at radius 2 is 2.07 bits per heavy atom. The van der Waals surface area contributed by atoms with Crippen LogP contribution in [0.4, 0.5) is 0 Å². The van der Waals surface area contributed by atoms with Gasteiger partial charge in [-0.1, -0.05) is 19.8 Å². The SMILES string of the molecule is CCNC(CC1CC1)CC(C)(C)OC. The van der Waals surface area contributed by atoms with Gasteiger partial charge in [-0.05, 0) is 39.2 Å². The molecule has 1 N–H and O–H groups in total. The molecule has 0 amide bonds. The van der Waals surface area contributed by atoms with Crippen LogP contribution in [-0.4, -0.2) is 25.3 Å². The molecule has 2 nitrogen and oxygen atoms in total. The van der Waals surface area contributed by atoms with Gasteiger partial charge in [-0.3, -0.25) is 0 Å². The van der Waals surface area contributed by atoms with E-state index in [1.54, 1.807) is 7.11 Å². The molecule has 1 saturated carbocycles. The molecule has 0 radical (unpaired) electrons. The molecule has 0 bridgehead atoms. The van der Waals surface area contributed by atoms with Gasteiger partial charge in [0.05, 0.1) is 5.60 Å². The van der Waals surface area contributed by atoms with E-state index in [2.05, 4.69) is 26.1 Å². The Labute approximate surface area is 88.4 Å². The minimum absolute atomic E-state index is 0.0156. The van der Waals surface area contributed by atoms with Crippen molar-refractivity contribution in [3.05, 3.63) is 0 Å². The molecule has 0 aromatic rings. The Balaban J connectivity index is 2.32. The Kier molecular flexibility index (Phi) is 4.39. The van der Waals surface area contributed by atoms with Crippen molar-refractivity contribution in [3.8, 4) is 0 Å². The van der Waals surface area contributed by atoms with Gasteiger partial charge in [0.2, 0.25) is 0 Å². The molecule has 0 saturated heterocycles. The third-order valence-electron chi connectivity index (χ3n) is 3.10. The quantitative estimate of drug-likeness (QED) is 0.680. The summed E-state index contributed by atoms with van der Waals surface area (Å²) in [7, 11) is 1.81. The Hall–Kier alpha value is -0.0800. The summed E-state index contributed by atoms with van der Waals surface area (Å²) in [6.07, 6.45) is 5.33. The fourth-order valence-electron chi connectivity index (χ4n) is 1.96. The van der Waals surface area contributed by atoms with Crippen LogP contribution >= 0.6 is 0 Å². The molecule has 14 heavy (non-hydrogen) atoms. The van der Waals surface area contributed by atoms with Crippen LogP contribution in [0.25, 0.3) is 0 Å². The third-order valence-corrected chi connectivity index (χ3v) is 3.10. The lowest BCUT2D eigenvalue weighted by atomic mass is 9.95. The van der Waals surface area contributed by atoms with Crippen LogP contribution in [0.3, 0.4) is 0 Å². The number of ether oxygens (including phenoxy) is 1. The van der Waals surface area contributed by atoms with E-state index in [1.807, 2.05) is 0 Å². The molecule has 1 aliphatic carbocycles.